The highest BCUT2D eigenvalue weighted by Crippen LogP contribution is 2.24. The Morgan fingerprint density at radius 1 is 1.31 bits per heavy atom. The number of para-hydroxylation sites is 1. The van der Waals surface area contributed by atoms with Crippen molar-refractivity contribution in [1.29, 1.82) is 0 Å². The smallest absolute Gasteiger partial charge is 0.242 e. The second-order valence-corrected chi connectivity index (χ2v) is 6.07. The van der Waals surface area contributed by atoms with E-state index in [1.807, 2.05) is 48.2 Å². The van der Waals surface area contributed by atoms with E-state index in [9.17, 15) is 4.79 Å². The molecule has 1 aliphatic heterocycles. The van der Waals surface area contributed by atoms with Gasteiger partial charge in [-0.1, -0.05) is 18.2 Å². The second kappa shape index (κ2) is 9.15. The molecule has 3 rings (SSSR count). The summed E-state index contributed by atoms with van der Waals surface area (Å²) in [4.78, 5) is 23.4. The number of hydrogen-bond donors (Lipinski definition) is 2. The van der Waals surface area contributed by atoms with Crippen molar-refractivity contribution in [1.82, 2.24) is 15.3 Å². The van der Waals surface area contributed by atoms with Crippen LogP contribution in [0.5, 0.6) is 0 Å². The zero-order valence-electron chi connectivity index (χ0n) is 15.0. The molecule has 2 N–H and O–H groups in total. The van der Waals surface area contributed by atoms with Gasteiger partial charge in [0.25, 0.3) is 0 Å². The molecule has 0 bridgehead atoms. The molecule has 0 radical (unpaired) electrons. The monoisotopic (exact) mass is 355 g/mol. The molecule has 1 fully saturated rings. The number of carbonyl (C=O) groups is 1. The third-order valence-electron chi connectivity index (χ3n) is 4.25. The largest absolute Gasteiger partial charge is 0.380 e. The molecule has 0 unspecified atom stereocenters. The SMILES string of the molecule is CCOCCNC(=O)[C@@H]1CCCN1c1nccc(Nc2ccccc2)n1. The van der Waals surface area contributed by atoms with Crippen LogP contribution in [0, 0.1) is 0 Å². The number of benzene rings is 1. The third-order valence-corrected chi connectivity index (χ3v) is 4.25. The minimum atomic E-state index is -0.233. The first-order valence-electron chi connectivity index (χ1n) is 9.05. The lowest BCUT2D eigenvalue weighted by molar-refractivity contribution is -0.122. The Balaban J connectivity index is 1.65. The van der Waals surface area contributed by atoms with Gasteiger partial charge in [-0.05, 0) is 38.0 Å². The maximum absolute atomic E-state index is 12.5. The number of amides is 1. The van der Waals surface area contributed by atoms with Crippen molar-refractivity contribution in [3.8, 4) is 0 Å². The van der Waals surface area contributed by atoms with E-state index in [-0.39, 0.29) is 11.9 Å². The molecule has 26 heavy (non-hydrogen) atoms. The van der Waals surface area contributed by atoms with Gasteiger partial charge >= 0.3 is 0 Å². The van der Waals surface area contributed by atoms with Crippen molar-refractivity contribution < 1.29 is 9.53 Å². The summed E-state index contributed by atoms with van der Waals surface area (Å²) >= 11 is 0. The average molecular weight is 355 g/mol. The normalized spacial score (nSPS) is 16.5. The van der Waals surface area contributed by atoms with Crippen LogP contribution in [0.15, 0.2) is 42.6 Å². The first kappa shape index (κ1) is 18.1. The van der Waals surface area contributed by atoms with Crippen LogP contribution in [-0.4, -0.2) is 48.2 Å². The van der Waals surface area contributed by atoms with Gasteiger partial charge in [-0.25, -0.2) is 4.98 Å². The van der Waals surface area contributed by atoms with Crippen molar-refractivity contribution in [3.63, 3.8) is 0 Å². The fourth-order valence-electron chi connectivity index (χ4n) is 3.01. The lowest BCUT2D eigenvalue weighted by atomic mass is 10.2. The van der Waals surface area contributed by atoms with E-state index in [1.165, 1.54) is 0 Å². The van der Waals surface area contributed by atoms with Crippen molar-refractivity contribution in [2.45, 2.75) is 25.8 Å². The minimum absolute atomic E-state index is 0.00669. The van der Waals surface area contributed by atoms with E-state index < -0.39 is 0 Å². The van der Waals surface area contributed by atoms with Gasteiger partial charge in [0.15, 0.2) is 0 Å². The predicted octanol–water partition coefficient (Wildman–Crippen LogP) is 2.34. The van der Waals surface area contributed by atoms with E-state index in [0.717, 1.165) is 25.1 Å². The summed E-state index contributed by atoms with van der Waals surface area (Å²) in [6.45, 7) is 4.42. The van der Waals surface area contributed by atoms with Gasteiger partial charge in [-0.3, -0.25) is 4.79 Å². The summed E-state index contributed by atoms with van der Waals surface area (Å²) in [5, 5.41) is 6.20. The molecule has 138 valence electrons. The summed E-state index contributed by atoms with van der Waals surface area (Å²) in [6, 6.07) is 11.4. The van der Waals surface area contributed by atoms with Gasteiger partial charge < -0.3 is 20.3 Å². The van der Waals surface area contributed by atoms with Crippen LogP contribution in [0.25, 0.3) is 0 Å². The zero-order chi connectivity index (χ0) is 18.2. The number of carbonyl (C=O) groups excluding carboxylic acids is 1. The van der Waals surface area contributed by atoms with Crippen LogP contribution in [0.1, 0.15) is 19.8 Å². The Kier molecular flexibility index (Phi) is 6.38. The molecule has 1 saturated heterocycles. The molecule has 1 aromatic heterocycles. The number of nitrogens with zero attached hydrogens (tertiary/aromatic N) is 3. The highest BCUT2D eigenvalue weighted by Gasteiger charge is 2.32. The summed E-state index contributed by atoms with van der Waals surface area (Å²) in [5.41, 5.74) is 0.962. The Morgan fingerprint density at radius 3 is 2.96 bits per heavy atom. The molecule has 2 heterocycles. The fraction of sp³-hybridized carbons (Fsp3) is 0.421. The molecule has 0 saturated carbocycles. The number of anilines is 3. The second-order valence-electron chi connectivity index (χ2n) is 6.07. The molecule has 2 aromatic rings. The Hall–Kier alpha value is -2.67. The Labute approximate surface area is 153 Å². The third kappa shape index (κ3) is 4.70. The molecule has 0 aliphatic carbocycles. The van der Waals surface area contributed by atoms with Crippen LogP contribution in [0.3, 0.4) is 0 Å². The number of rotatable bonds is 8. The number of nitrogens with one attached hydrogen (secondary N) is 2. The van der Waals surface area contributed by atoms with Crippen molar-refractivity contribution >= 4 is 23.4 Å². The molecule has 0 spiro atoms. The maximum Gasteiger partial charge on any atom is 0.242 e. The first-order valence-corrected chi connectivity index (χ1v) is 9.05. The molecular weight excluding hydrogens is 330 g/mol. The van der Waals surface area contributed by atoms with Crippen molar-refractivity contribution in [2.24, 2.45) is 0 Å². The lowest BCUT2D eigenvalue weighted by Crippen LogP contribution is -2.44. The molecule has 1 aromatic carbocycles. The van der Waals surface area contributed by atoms with Crippen molar-refractivity contribution in [3.05, 3.63) is 42.6 Å². The summed E-state index contributed by atoms with van der Waals surface area (Å²) in [7, 11) is 0. The van der Waals surface area contributed by atoms with Gasteiger partial charge in [0.05, 0.1) is 6.61 Å². The highest BCUT2D eigenvalue weighted by atomic mass is 16.5. The minimum Gasteiger partial charge on any atom is -0.380 e. The van der Waals surface area contributed by atoms with E-state index in [2.05, 4.69) is 20.6 Å². The standard InChI is InChI=1S/C19H25N5O2/c1-2-26-14-12-20-18(25)16-9-6-13-24(16)19-21-11-10-17(23-19)22-15-7-4-3-5-8-15/h3-5,7-8,10-11,16H,2,6,9,12-14H2,1H3,(H,20,25)(H,21,22,23)/t16-/m0/s1. The molecule has 7 heteroatoms. The Bertz CT molecular complexity index is 710. The van der Waals surface area contributed by atoms with Gasteiger partial charge in [-0.15, -0.1) is 0 Å². The first-order chi connectivity index (χ1) is 12.8. The van der Waals surface area contributed by atoms with Crippen LogP contribution >= 0.6 is 0 Å². The zero-order valence-corrected chi connectivity index (χ0v) is 15.0. The predicted molar refractivity (Wildman–Crippen MR) is 102 cm³/mol. The average Bonchev–Trinajstić information content (AvgIpc) is 3.16. The number of ether oxygens (including phenoxy) is 1. The van der Waals surface area contributed by atoms with Crippen LogP contribution in [-0.2, 0) is 9.53 Å². The van der Waals surface area contributed by atoms with Gasteiger partial charge in [0, 0.05) is 31.6 Å². The van der Waals surface area contributed by atoms with E-state index >= 15 is 0 Å². The molecule has 1 amide bonds. The topological polar surface area (TPSA) is 79.4 Å². The summed E-state index contributed by atoms with van der Waals surface area (Å²) in [5.74, 6) is 1.30. The van der Waals surface area contributed by atoms with Crippen LogP contribution in [0.2, 0.25) is 0 Å². The van der Waals surface area contributed by atoms with Crippen molar-refractivity contribution in [2.75, 3.05) is 36.5 Å². The lowest BCUT2D eigenvalue weighted by Gasteiger charge is -2.24. The summed E-state index contributed by atoms with van der Waals surface area (Å²) in [6.07, 6.45) is 3.47. The Morgan fingerprint density at radius 2 is 2.15 bits per heavy atom. The van der Waals surface area contributed by atoms with E-state index in [1.54, 1.807) is 6.20 Å². The number of hydrogen-bond acceptors (Lipinski definition) is 6. The number of aromatic nitrogens is 2. The van der Waals surface area contributed by atoms with Gasteiger partial charge in [-0.2, -0.15) is 4.98 Å². The molecule has 1 atom stereocenters. The van der Waals surface area contributed by atoms with Crippen LogP contribution < -0.4 is 15.5 Å². The van der Waals surface area contributed by atoms with Gasteiger partial charge in [0.2, 0.25) is 11.9 Å². The summed E-state index contributed by atoms with van der Waals surface area (Å²) < 4.78 is 5.27. The molecule has 7 nitrogen and oxygen atoms in total. The van der Waals surface area contributed by atoms with Gasteiger partial charge in [0.1, 0.15) is 11.9 Å². The molecule has 1 aliphatic rings. The fourth-order valence-corrected chi connectivity index (χ4v) is 3.01. The van der Waals surface area contributed by atoms with E-state index in [0.29, 0.717) is 31.5 Å². The van der Waals surface area contributed by atoms with E-state index in [4.69, 9.17) is 4.74 Å². The maximum atomic E-state index is 12.5. The quantitative estimate of drug-likeness (QED) is 0.708. The highest BCUT2D eigenvalue weighted by molar-refractivity contribution is 5.85. The molecular formula is C19H25N5O2. The van der Waals surface area contributed by atoms with Crippen LogP contribution in [0.4, 0.5) is 17.5 Å².